The van der Waals surface area contributed by atoms with Crippen LogP contribution in [0.25, 0.3) is 11.4 Å². The van der Waals surface area contributed by atoms with Crippen molar-refractivity contribution in [3.63, 3.8) is 0 Å². The molecule has 27 heavy (non-hydrogen) atoms. The SMILES string of the molecule is CO[NH2+]c1cc(OCc2ccccc2)cc(-c2nc(SCC(=O)O)n[nH]2)c1. The predicted molar refractivity (Wildman–Crippen MR) is 99.5 cm³/mol. The van der Waals surface area contributed by atoms with Crippen molar-refractivity contribution < 1.29 is 25.0 Å². The Balaban J connectivity index is 1.79. The van der Waals surface area contributed by atoms with Crippen LogP contribution in [0.3, 0.4) is 0 Å². The molecule has 0 unspecified atom stereocenters. The first kappa shape index (κ1) is 18.9. The number of rotatable bonds is 9. The number of nitrogens with zero attached hydrogens (tertiary/aromatic N) is 2. The lowest BCUT2D eigenvalue weighted by molar-refractivity contribution is -0.830. The number of ether oxygens (including phenoxy) is 1. The number of carbonyl (C=O) groups is 1. The molecule has 4 N–H and O–H groups in total. The number of aromatic nitrogens is 3. The van der Waals surface area contributed by atoms with Gasteiger partial charge in [0, 0.05) is 17.7 Å². The molecule has 140 valence electrons. The van der Waals surface area contributed by atoms with Gasteiger partial charge in [0.1, 0.15) is 12.4 Å². The van der Waals surface area contributed by atoms with Gasteiger partial charge < -0.3 is 9.84 Å². The van der Waals surface area contributed by atoms with Gasteiger partial charge in [-0.1, -0.05) is 42.1 Å². The molecular formula is C18H19N4O4S+. The molecule has 3 rings (SSSR count). The Bertz CT molecular complexity index is 901. The molecule has 0 saturated carbocycles. The summed E-state index contributed by atoms with van der Waals surface area (Å²) in [4.78, 5) is 20.1. The first-order valence-electron chi connectivity index (χ1n) is 8.09. The summed E-state index contributed by atoms with van der Waals surface area (Å²) in [6.45, 7) is 0.437. The summed E-state index contributed by atoms with van der Waals surface area (Å²) < 4.78 is 5.91. The van der Waals surface area contributed by atoms with E-state index in [1.807, 2.05) is 48.5 Å². The van der Waals surface area contributed by atoms with Gasteiger partial charge in [-0.15, -0.1) is 5.10 Å². The number of hydrogen-bond acceptors (Lipinski definition) is 6. The van der Waals surface area contributed by atoms with Gasteiger partial charge >= 0.3 is 5.97 Å². The lowest BCUT2D eigenvalue weighted by atomic mass is 10.1. The van der Waals surface area contributed by atoms with E-state index in [0.717, 1.165) is 28.6 Å². The largest absolute Gasteiger partial charge is 0.489 e. The molecule has 1 aromatic heterocycles. The number of thioether (sulfide) groups is 1. The second kappa shape index (κ2) is 9.17. The van der Waals surface area contributed by atoms with Crippen LogP contribution in [0.5, 0.6) is 5.75 Å². The van der Waals surface area contributed by atoms with Crippen molar-refractivity contribution in [2.75, 3.05) is 12.9 Å². The average Bonchev–Trinajstić information content (AvgIpc) is 3.15. The molecule has 0 saturated heterocycles. The third-order valence-corrected chi connectivity index (χ3v) is 4.33. The van der Waals surface area contributed by atoms with E-state index < -0.39 is 5.97 Å². The van der Waals surface area contributed by atoms with Crippen LogP contribution in [0.15, 0.2) is 53.7 Å². The van der Waals surface area contributed by atoms with Crippen molar-refractivity contribution in [2.24, 2.45) is 0 Å². The van der Waals surface area contributed by atoms with Crippen molar-refractivity contribution in [3.8, 4) is 17.1 Å². The number of nitrogens with two attached hydrogens (primary N) is 1. The van der Waals surface area contributed by atoms with Crippen molar-refractivity contribution in [3.05, 3.63) is 54.1 Å². The Kier molecular flexibility index (Phi) is 6.42. The van der Waals surface area contributed by atoms with Crippen molar-refractivity contribution in [1.29, 1.82) is 0 Å². The van der Waals surface area contributed by atoms with Crippen LogP contribution in [0.2, 0.25) is 0 Å². The highest BCUT2D eigenvalue weighted by Crippen LogP contribution is 2.26. The van der Waals surface area contributed by atoms with Gasteiger partial charge in [-0.3, -0.25) is 9.89 Å². The number of aliphatic carboxylic acids is 1. The van der Waals surface area contributed by atoms with Gasteiger partial charge in [-0.25, -0.2) is 9.82 Å². The third-order valence-electron chi connectivity index (χ3n) is 3.49. The number of benzene rings is 2. The summed E-state index contributed by atoms with van der Waals surface area (Å²) >= 11 is 1.05. The van der Waals surface area contributed by atoms with E-state index in [2.05, 4.69) is 15.2 Å². The molecule has 0 atom stereocenters. The normalized spacial score (nSPS) is 10.7. The van der Waals surface area contributed by atoms with Crippen LogP contribution >= 0.6 is 11.8 Å². The molecule has 0 aliphatic carbocycles. The highest BCUT2D eigenvalue weighted by molar-refractivity contribution is 7.99. The van der Waals surface area contributed by atoms with Crippen LogP contribution in [-0.4, -0.2) is 39.1 Å². The van der Waals surface area contributed by atoms with Gasteiger partial charge in [-0.2, -0.15) is 5.48 Å². The van der Waals surface area contributed by atoms with Gasteiger partial charge in [0.25, 0.3) is 0 Å². The molecule has 0 spiro atoms. The van der Waals surface area contributed by atoms with Crippen LogP contribution in [0.1, 0.15) is 5.56 Å². The summed E-state index contributed by atoms with van der Waals surface area (Å²) in [6.07, 6.45) is 0. The van der Waals surface area contributed by atoms with E-state index in [1.54, 1.807) is 12.6 Å². The maximum absolute atomic E-state index is 10.7. The second-order valence-corrected chi connectivity index (χ2v) is 6.51. The van der Waals surface area contributed by atoms with Gasteiger partial charge in [0.05, 0.1) is 12.9 Å². The summed E-state index contributed by atoms with van der Waals surface area (Å²) in [7, 11) is 1.58. The predicted octanol–water partition coefficient (Wildman–Crippen LogP) is 1.98. The molecular weight excluding hydrogens is 368 g/mol. The van der Waals surface area contributed by atoms with Crippen LogP contribution < -0.4 is 10.2 Å². The molecule has 1 heterocycles. The number of carboxylic acid groups (broad SMARTS) is 1. The number of nitrogens with one attached hydrogen (secondary N) is 1. The zero-order valence-corrected chi connectivity index (χ0v) is 15.4. The summed E-state index contributed by atoms with van der Waals surface area (Å²) in [5.74, 6) is 0.175. The molecule has 0 fully saturated rings. The van der Waals surface area contributed by atoms with E-state index >= 15 is 0 Å². The Morgan fingerprint density at radius 3 is 2.81 bits per heavy atom. The molecule has 8 nitrogen and oxygen atoms in total. The van der Waals surface area contributed by atoms with Crippen molar-refractivity contribution in [2.45, 2.75) is 11.8 Å². The molecule has 0 radical (unpaired) electrons. The van der Waals surface area contributed by atoms with Crippen molar-refractivity contribution in [1.82, 2.24) is 15.2 Å². The monoisotopic (exact) mass is 387 g/mol. The summed E-state index contributed by atoms with van der Waals surface area (Å²) in [5, 5.41) is 16.0. The van der Waals surface area contributed by atoms with Gasteiger partial charge in [0.15, 0.2) is 11.5 Å². The first-order chi connectivity index (χ1) is 13.1. The van der Waals surface area contributed by atoms with Crippen molar-refractivity contribution >= 4 is 23.4 Å². The lowest BCUT2D eigenvalue weighted by Gasteiger charge is -2.09. The lowest BCUT2D eigenvalue weighted by Crippen LogP contribution is -2.75. The van der Waals surface area contributed by atoms with E-state index in [4.69, 9.17) is 14.7 Å². The number of quaternary nitrogens is 1. The highest BCUT2D eigenvalue weighted by Gasteiger charge is 2.12. The minimum atomic E-state index is -0.917. The maximum Gasteiger partial charge on any atom is 0.313 e. The van der Waals surface area contributed by atoms with E-state index in [1.165, 1.54) is 0 Å². The highest BCUT2D eigenvalue weighted by atomic mass is 32.2. The number of carboxylic acids is 1. The molecule has 9 heteroatoms. The Morgan fingerprint density at radius 1 is 1.26 bits per heavy atom. The molecule has 0 amide bonds. The summed E-state index contributed by atoms with van der Waals surface area (Å²) in [5.41, 5.74) is 4.25. The van der Waals surface area contributed by atoms with Gasteiger partial charge in [0.2, 0.25) is 5.16 Å². The Hall–Kier alpha value is -2.88. The molecule has 0 aliphatic rings. The smallest absolute Gasteiger partial charge is 0.313 e. The number of hydrogen-bond donors (Lipinski definition) is 3. The quantitative estimate of drug-likeness (QED) is 0.292. The maximum atomic E-state index is 10.7. The van der Waals surface area contributed by atoms with Crippen LogP contribution in [0.4, 0.5) is 5.69 Å². The van der Waals surface area contributed by atoms with E-state index in [-0.39, 0.29) is 5.75 Å². The fourth-order valence-electron chi connectivity index (χ4n) is 2.35. The molecule has 3 aromatic rings. The zero-order valence-electron chi connectivity index (χ0n) is 14.6. The fraction of sp³-hybridized carbons (Fsp3) is 0.167. The summed E-state index contributed by atoms with van der Waals surface area (Å²) in [6, 6.07) is 15.5. The standard InChI is InChI=1S/C18H18N4O4S/c1-25-22-14-7-13(17-19-18(21-20-17)27-11-16(23)24)8-15(9-14)26-10-12-5-3-2-4-6-12/h2-9,22H,10-11H2,1H3,(H,23,24)(H,19,20,21)/p+1. The minimum Gasteiger partial charge on any atom is -0.489 e. The van der Waals surface area contributed by atoms with Crippen LogP contribution in [0, 0.1) is 0 Å². The van der Waals surface area contributed by atoms with E-state index in [9.17, 15) is 4.79 Å². The molecule has 0 aliphatic heterocycles. The van der Waals surface area contributed by atoms with E-state index in [0.29, 0.717) is 23.3 Å². The minimum absolute atomic E-state index is 0.0970. The zero-order chi connectivity index (χ0) is 19.1. The topological polar surface area (TPSA) is 114 Å². The Morgan fingerprint density at radius 2 is 2.07 bits per heavy atom. The second-order valence-electron chi connectivity index (χ2n) is 5.57. The van der Waals surface area contributed by atoms with Crippen LogP contribution in [-0.2, 0) is 16.2 Å². The van der Waals surface area contributed by atoms with Gasteiger partial charge in [-0.05, 0) is 11.6 Å². The number of aromatic amines is 1. The number of H-pyrrole nitrogens is 1. The Labute approximate surface area is 159 Å². The third kappa shape index (κ3) is 5.55. The molecule has 0 bridgehead atoms. The fourth-order valence-corrected chi connectivity index (χ4v) is 2.87. The first-order valence-corrected chi connectivity index (χ1v) is 9.08. The molecule has 2 aromatic carbocycles. The average molecular weight is 387 g/mol.